The van der Waals surface area contributed by atoms with Crippen LogP contribution in [0.15, 0.2) is 63.5 Å². The van der Waals surface area contributed by atoms with Gasteiger partial charge in [-0.2, -0.15) is 0 Å². The summed E-state index contributed by atoms with van der Waals surface area (Å²) in [6.45, 7) is 6.99. The summed E-state index contributed by atoms with van der Waals surface area (Å²) in [4.78, 5) is 42.9. The minimum atomic E-state index is -0.830. The Morgan fingerprint density at radius 1 is 1.11 bits per heavy atom. The average Bonchev–Trinajstić information content (AvgIpc) is 3.14. The molecule has 10 heteroatoms. The summed E-state index contributed by atoms with van der Waals surface area (Å²) in [7, 11) is 0. The standard InChI is InChI=1S/C27H25FN2O6S/c1-5-34-21-13-17(7-12-20(21)36-16(4)31)14-22-25(32)30-24(18-8-10-19(28)11-9-18)23(26(33)35-6-2)15(3)29-27(30)37-22/h7-14,24H,5-6H2,1-4H3/b22-14-/t24-/m0/s1. The van der Waals surface area contributed by atoms with Crippen molar-refractivity contribution in [3.05, 3.63) is 90.4 Å². The van der Waals surface area contributed by atoms with E-state index in [1.807, 2.05) is 0 Å². The second-order valence-corrected chi connectivity index (χ2v) is 9.10. The molecule has 0 unspecified atom stereocenters. The number of rotatable bonds is 7. The molecule has 0 aliphatic carbocycles. The molecule has 2 heterocycles. The fraction of sp³-hybridized carbons (Fsp3) is 0.259. The van der Waals surface area contributed by atoms with Crippen LogP contribution in [0.4, 0.5) is 4.39 Å². The van der Waals surface area contributed by atoms with Crippen molar-refractivity contribution >= 4 is 29.4 Å². The third-order valence-corrected chi connectivity index (χ3v) is 6.50. The van der Waals surface area contributed by atoms with Crippen LogP contribution in [0.3, 0.4) is 0 Å². The first kappa shape index (κ1) is 26.0. The maximum atomic E-state index is 13.7. The normalized spacial score (nSPS) is 15.2. The highest BCUT2D eigenvalue weighted by Crippen LogP contribution is 2.31. The molecule has 8 nitrogen and oxygen atoms in total. The van der Waals surface area contributed by atoms with E-state index in [0.717, 1.165) is 11.3 Å². The van der Waals surface area contributed by atoms with Gasteiger partial charge in [0, 0.05) is 6.92 Å². The van der Waals surface area contributed by atoms with Gasteiger partial charge in [0.2, 0.25) is 0 Å². The van der Waals surface area contributed by atoms with Gasteiger partial charge in [-0.3, -0.25) is 14.2 Å². The van der Waals surface area contributed by atoms with Gasteiger partial charge in [0.1, 0.15) is 5.82 Å². The number of halogens is 1. The molecule has 1 aliphatic rings. The lowest BCUT2D eigenvalue weighted by Gasteiger charge is -2.24. The van der Waals surface area contributed by atoms with E-state index in [-0.39, 0.29) is 23.5 Å². The summed E-state index contributed by atoms with van der Waals surface area (Å²) >= 11 is 1.16. The Bertz CT molecular complexity index is 1570. The molecule has 0 bridgehead atoms. The fourth-order valence-corrected chi connectivity index (χ4v) is 5.07. The molecule has 1 atom stereocenters. The van der Waals surface area contributed by atoms with Crippen molar-refractivity contribution in [1.82, 2.24) is 4.57 Å². The maximum Gasteiger partial charge on any atom is 0.338 e. The summed E-state index contributed by atoms with van der Waals surface area (Å²) in [5, 5.41) is 0. The Balaban J connectivity index is 1.88. The molecule has 0 radical (unpaired) electrons. The molecule has 0 fully saturated rings. The molecule has 2 aromatic carbocycles. The lowest BCUT2D eigenvalue weighted by atomic mass is 9.96. The van der Waals surface area contributed by atoms with Crippen LogP contribution >= 0.6 is 11.3 Å². The molecule has 0 saturated heterocycles. The summed E-state index contributed by atoms with van der Waals surface area (Å²) in [5.41, 5.74) is 1.47. The van der Waals surface area contributed by atoms with Gasteiger partial charge in [0.25, 0.3) is 5.56 Å². The van der Waals surface area contributed by atoms with Gasteiger partial charge in [0.05, 0.1) is 35.1 Å². The number of aromatic nitrogens is 1. The minimum absolute atomic E-state index is 0.154. The van der Waals surface area contributed by atoms with Crippen LogP contribution in [0.1, 0.15) is 44.9 Å². The molecule has 4 rings (SSSR count). The molecule has 3 aromatic rings. The van der Waals surface area contributed by atoms with Gasteiger partial charge >= 0.3 is 11.9 Å². The monoisotopic (exact) mass is 524 g/mol. The van der Waals surface area contributed by atoms with Crippen LogP contribution in [0.2, 0.25) is 0 Å². The predicted molar refractivity (Wildman–Crippen MR) is 136 cm³/mol. The Kier molecular flexibility index (Phi) is 7.68. The van der Waals surface area contributed by atoms with Gasteiger partial charge < -0.3 is 14.2 Å². The number of esters is 2. The zero-order valence-corrected chi connectivity index (χ0v) is 21.6. The largest absolute Gasteiger partial charge is 0.490 e. The van der Waals surface area contributed by atoms with E-state index in [1.54, 1.807) is 45.0 Å². The third-order valence-electron chi connectivity index (χ3n) is 5.52. The minimum Gasteiger partial charge on any atom is -0.490 e. The molecule has 192 valence electrons. The highest BCUT2D eigenvalue weighted by molar-refractivity contribution is 7.07. The number of nitrogens with zero attached hydrogens (tertiary/aromatic N) is 2. The van der Waals surface area contributed by atoms with Gasteiger partial charge in [-0.1, -0.05) is 29.5 Å². The van der Waals surface area contributed by atoms with E-state index >= 15 is 0 Å². The number of ether oxygens (including phenoxy) is 3. The topological polar surface area (TPSA) is 96.2 Å². The average molecular weight is 525 g/mol. The Morgan fingerprint density at radius 2 is 1.84 bits per heavy atom. The second kappa shape index (κ2) is 10.9. The van der Waals surface area contributed by atoms with Crippen molar-refractivity contribution in [2.75, 3.05) is 13.2 Å². The van der Waals surface area contributed by atoms with E-state index in [0.29, 0.717) is 38.5 Å². The van der Waals surface area contributed by atoms with E-state index in [2.05, 4.69) is 4.99 Å². The van der Waals surface area contributed by atoms with E-state index < -0.39 is 23.8 Å². The van der Waals surface area contributed by atoms with Crippen molar-refractivity contribution in [3.63, 3.8) is 0 Å². The number of benzene rings is 2. The SMILES string of the molecule is CCOC(=O)C1=C(C)N=c2s/c(=C\c3ccc(OC(C)=O)c(OCC)c3)c(=O)n2[C@H]1c1ccc(F)cc1. The molecule has 0 saturated carbocycles. The van der Waals surface area contributed by atoms with Crippen LogP contribution in [0.25, 0.3) is 6.08 Å². The molecule has 0 amide bonds. The molecule has 1 aromatic heterocycles. The van der Waals surface area contributed by atoms with Gasteiger partial charge in [-0.25, -0.2) is 14.2 Å². The van der Waals surface area contributed by atoms with E-state index in [1.165, 1.54) is 35.8 Å². The first-order chi connectivity index (χ1) is 17.7. The van der Waals surface area contributed by atoms with Crippen LogP contribution in [-0.2, 0) is 14.3 Å². The number of hydrogen-bond donors (Lipinski definition) is 0. The van der Waals surface area contributed by atoms with Crippen molar-refractivity contribution in [2.45, 2.75) is 33.7 Å². The lowest BCUT2D eigenvalue weighted by molar-refractivity contribution is -0.139. The Morgan fingerprint density at radius 3 is 2.49 bits per heavy atom. The third kappa shape index (κ3) is 5.39. The fourth-order valence-electron chi connectivity index (χ4n) is 4.03. The summed E-state index contributed by atoms with van der Waals surface area (Å²) in [6.07, 6.45) is 1.68. The lowest BCUT2D eigenvalue weighted by Crippen LogP contribution is -2.39. The number of fused-ring (bicyclic) bond motifs is 1. The van der Waals surface area contributed by atoms with Gasteiger partial charge in [-0.15, -0.1) is 0 Å². The predicted octanol–water partition coefficient (Wildman–Crippen LogP) is 3.26. The Labute approximate surface area is 215 Å². The number of hydrogen-bond acceptors (Lipinski definition) is 8. The first-order valence-corrected chi connectivity index (χ1v) is 12.5. The number of allylic oxidation sites excluding steroid dienone is 1. The molecular formula is C27H25FN2O6S. The van der Waals surface area contributed by atoms with Crippen molar-refractivity contribution in [3.8, 4) is 11.5 Å². The first-order valence-electron chi connectivity index (χ1n) is 11.6. The van der Waals surface area contributed by atoms with Crippen molar-refractivity contribution in [2.24, 2.45) is 4.99 Å². The van der Waals surface area contributed by atoms with E-state index in [9.17, 15) is 18.8 Å². The van der Waals surface area contributed by atoms with E-state index in [4.69, 9.17) is 14.2 Å². The summed E-state index contributed by atoms with van der Waals surface area (Å²) in [6, 6.07) is 9.78. The smallest absolute Gasteiger partial charge is 0.338 e. The summed E-state index contributed by atoms with van der Waals surface area (Å²) in [5.74, 6) is -0.856. The molecule has 37 heavy (non-hydrogen) atoms. The second-order valence-electron chi connectivity index (χ2n) is 8.09. The summed E-state index contributed by atoms with van der Waals surface area (Å²) < 4.78 is 31.5. The van der Waals surface area contributed by atoms with Crippen LogP contribution in [-0.4, -0.2) is 29.7 Å². The molecule has 1 aliphatic heterocycles. The van der Waals surface area contributed by atoms with Crippen molar-refractivity contribution in [1.29, 1.82) is 0 Å². The van der Waals surface area contributed by atoms with Crippen LogP contribution in [0, 0.1) is 5.82 Å². The Hall–Kier alpha value is -4.05. The number of thiazole rings is 1. The van der Waals surface area contributed by atoms with Gasteiger partial charge in [-0.05, 0) is 62.2 Å². The number of carbonyl (C=O) groups is 2. The zero-order valence-electron chi connectivity index (χ0n) is 20.7. The highest BCUT2D eigenvalue weighted by atomic mass is 32.1. The molecule has 0 N–H and O–H groups in total. The van der Waals surface area contributed by atoms with Crippen molar-refractivity contribution < 1.29 is 28.2 Å². The zero-order chi connectivity index (χ0) is 26.7. The number of carbonyl (C=O) groups excluding carboxylic acids is 2. The maximum absolute atomic E-state index is 13.7. The quantitative estimate of drug-likeness (QED) is 0.348. The molecular weight excluding hydrogens is 499 g/mol. The molecule has 0 spiro atoms. The van der Waals surface area contributed by atoms with Crippen LogP contribution < -0.4 is 24.4 Å². The highest BCUT2D eigenvalue weighted by Gasteiger charge is 2.33. The van der Waals surface area contributed by atoms with Crippen LogP contribution in [0.5, 0.6) is 11.5 Å². The van der Waals surface area contributed by atoms with Gasteiger partial charge in [0.15, 0.2) is 16.3 Å².